The van der Waals surface area contributed by atoms with Crippen molar-refractivity contribution in [2.45, 2.75) is 19.8 Å². The Morgan fingerprint density at radius 2 is 1.72 bits per heavy atom. The number of benzene rings is 2. The first-order valence-electron chi connectivity index (χ1n) is 9.85. The number of methoxy groups -OCH3 is 1. The van der Waals surface area contributed by atoms with Crippen LogP contribution in [0.5, 0.6) is 5.75 Å². The summed E-state index contributed by atoms with van der Waals surface area (Å²) in [5.41, 5.74) is 2.59. The van der Waals surface area contributed by atoms with Gasteiger partial charge in [0.05, 0.1) is 12.8 Å². The molecule has 4 amide bonds. The molecular formula is C22H28N4O3. The molecule has 7 heteroatoms. The van der Waals surface area contributed by atoms with Gasteiger partial charge in [0.15, 0.2) is 0 Å². The third kappa shape index (κ3) is 5.88. The number of nitrogens with one attached hydrogen (secondary N) is 3. The number of ether oxygens (including phenoxy) is 1. The van der Waals surface area contributed by atoms with Crippen molar-refractivity contribution >= 4 is 23.4 Å². The molecule has 0 spiro atoms. The largest absolute Gasteiger partial charge is 0.495 e. The SMILES string of the molecule is COc1ccccc1NC(=O)N1CCC(CNC(=O)Nc2ccc(C)cc2)CC1. The quantitative estimate of drug-likeness (QED) is 0.712. The zero-order valence-electron chi connectivity index (χ0n) is 16.9. The first-order valence-corrected chi connectivity index (χ1v) is 9.85. The van der Waals surface area contributed by atoms with E-state index in [1.165, 1.54) is 0 Å². The van der Waals surface area contributed by atoms with Crippen molar-refractivity contribution in [2.75, 3.05) is 37.4 Å². The van der Waals surface area contributed by atoms with Crippen molar-refractivity contribution in [3.05, 3.63) is 54.1 Å². The third-order valence-electron chi connectivity index (χ3n) is 5.11. The molecule has 154 valence electrons. The van der Waals surface area contributed by atoms with Crippen molar-refractivity contribution in [3.63, 3.8) is 0 Å². The Hall–Kier alpha value is -3.22. The number of hydrogen-bond acceptors (Lipinski definition) is 3. The van der Waals surface area contributed by atoms with Crippen LogP contribution in [0.25, 0.3) is 0 Å². The Balaban J connectivity index is 1.40. The standard InChI is InChI=1S/C22H28N4O3/c1-16-7-9-18(10-8-16)24-21(27)23-15-17-11-13-26(14-12-17)22(28)25-19-5-3-4-6-20(19)29-2/h3-10,17H,11-15H2,1-2H3,(H,25,28)(H2,23,24,27). The number of hydrogen-bond donors (Lipinski definition) is 3. The molecule has 3 rings (SSSR count). The molecule has 0 aliphatic carbocycles. The van der Waals surface area contributed by atoms with Gasteiger partial charge < -0.3 is 25.6 Å². The maximum atomic E-state index is 12.5. The summed E-state index contributed by atoms with van der Waals surface area (Å²) < 4.78 is 5.27. The van der Waals surface area contributed by atoms with Gasteiger partial charge in [-0.05, 0) is 49.9 Å². The molecule has 3 N–H and O–H groups in total. The van der Waals surface area contributed by atoms with E-state index >= 15 is 0 Å². The predicted octanol–water partition coefficient (Wildman–Crippen LogP) is 4.07. The van der Waals surface area contributed by atoms with Gasteiger partial charge in [-0.25, -0.2) is 9.59 Å². The van der Waals surface area contributed by atoms with Gasteiger partial charge in [0.2, 0.25) is 0 Å². The first kappa shape index (κ1) is 20.5. The Morgan fingerprint density at radius 1 is 1.03 bits per heavy atom. The van der Waals surface area contributed by atoms with Crippen LogP contribution in [0.15, 0.2) is 48.5 Å². The molecule has 1 saturated heterocycles. The summed E-state index contributed by atoms with van der Waals surface area (Å²) in [6.07, 6.45) is 1.70. The van der Waals surface area contributed by atoms with Gasteiger partial charge in [-0.1, -0.05) is 29.8 Å². The van der Waals surface area contributed by atoms with Gasteiger partial charge in [-0.2, -0.15) is 0 Å². The van der Waals surface area contributed by atoms with Crippen LogP contribution in [-0.4, -0.2) is 43.7 Å². The van der Waals surface area contributed by atoms with Gasteiger partial charge >= 0.3 is 12.1 Å². The summed E-state index contributed by atoms with van der Waals surface area (Å²) in [6, 6.07) is 14.7. The Morgan fingerprint density at radius 3 is 2.41 bits per heavy atom. The smallest absolute Gasteiger partial charge is 0.321 e. The lowest BCUT2D eigenvalue weighted by Crippen LogP contribution is -2.43. The average Bonchev–Trinajstić information content (AvgIpc) is 2.74. The van der Waals surface area contributed by atoms with Crippen LogP contribution in [-0.2, 0) is 0 Å². The molecule has 1 aliphatic heterocycles. The molecule has 29 heavy (non-hydrogen) atoms. The number of likely N-dealkylation sites (tertiary alicyclic amines) is 1. The molecule has 1 aliphatic rings. The molecule has 2 aromatic carbocycles. The fourth-order valence-electron chi connectivity index (χ4n) is 3.33. The highest BCUT2D eigenvalue weighted by Crippen LogP contribution is 2.24. The van der Waals surface area contributed by atoms with Gasteiger partial charge in [-0.15, -0.1) is 0 Å². The number of nitrogens with zero attached hydrogens (tertiary/aromatic N) is 1. The van der Waals surface area contributed by atoms with E-state index in [2.05, 4.69) is 16.0 Å². The number of urea groups is 2. The van der Waals surface area contributed by atoms with Crippen molar-refractivity contribution in [2.24, 2.45) is 5.92 Å². The molecule has 1 fully saturated rings. The van der Waals surface area contributed by atoms with Crippen LogP contribution in [0.4, 0.5) is 21.0 Å². The van der Waals surface area contributed by atoms with E-state index in [0.717, 1.165) is 24.1 Å². The summed E-state index contributed by atoms with van der Waals surface area (Å²) >= 11 is 0. The summed E-state index contributed by atoms with van der Waals surface area (Å²) in [5.74, 6) is 0.994. The van der Waals surface area contributed by atoms with E-state index in [-0.39, 0.29) is 12.1 Å². The Kier molecular flexibility index (Phi) is 6.94. The molecule has 0 aromatic heterocycles. The lowest BCUT2D eigenvalue weighted by atomic mass is 9.97. The van der Waals surface area contributed by atoms with Crippen LogP contribution < -0.4 is 20.7 Å². The van der Waals surface area contributed by atoms with Gasteiger partial charge in [0.25, 0.3) is 0 Å². The first-order chi connectivity index (χ1) is 14.0. The number of aryl methyl sites for hydroxylation is 1. The zero-order valence-corrected chi connectivity index (χ0v) is 16.9. The second-order valence-electron chi connectivity index (χ2n) is 7.26. The zero-order chi connectivity index (χ0) is 20.6. The van der Waals surface area contributed by atoms with Gasteiger partial charge in [-0.3, -0.25) is 0 Å². The number of para-hydroxylation sites is 2. The number of rotatable bonds is 5. The third-order valence-corrected chi connectivity index (χ3v) is 5.11. The van der Waals surface area contributed by atoms with Crippen LogP contribution in [0.2, 0.25) is 0 Å². The predicted molar refractivity (Wildman–Crippen MR) is 115 cm³/mol. The van der Waals surface area contributed by atoms with Crippen LogP contribution in [0, 0.1) is 12.8 Å². The molecular weight excluding hydrogens is 368 g/mol. The fraction of sp³-hybridized carbons (Fsp3) is 0.364. The van der Waals surface area contributed by atoms with Crippen molar-refractivity contribution in [3.8, 4) is 5.75 Å². The minimum Gasteiger partial charge on any atom is -0.495 e. The summed E-state index contributed by atoms with van der Waals surface area (Å²) in [4.78, 5) is 26.4. The maximum Gasteiger partial charge on any atom is 0.321 e. The number of carbonyl (C=O) groups excluding carboxylic acids is 2. The summed E-state index contributed by atoms with van der Waals surface area (Å²) in [6.45, 7) is 3.92. The Bertz CT molecular complexity index is 830. The van der Waals surface area contributed by atoms with Gasteiger partial charge in [0, 0.05) is 25.3 Å². The van der Waals surface area contributed by atoms with E-state index in [1.807, 2.05) is 55.5 Å². The number of carbonyl (C=O) groups is 2. The minimum atomic E-state index is -0.204. The minimum absolute atomic E-state index is 0.127. The molecule has 0 radical (unpaired) electrons. The van der Waals surface area contributed by atoms with Crippen molar-refractivity contribution in [1.82, 2.24) is 10.2 Å². The van der Waals surface area contributed by atoms with Crippen LogP contribution >= 0.6 is 0 Å². The summed E-state index contributed by atoms with van der Waals surface area (Å²) in [7, 11) is 1.58. The van der Waals surface area contributed by atoms with Crippen LogP contribution in [0.1, 0.15) is 18.4 Å². The molecule has 0 saturated carbocycles. The highest BCUT2D eigenvalue weighted by Gasteiger charge is 2.23. The van der Waals surface area contributed by atoms with Crippen molar-refractivity contribution < 1.29 is 14.3 Å². The van der Waals surface area contributed by atoms with Crippen molar-refractivity contribution in [1.29, 1.82) is 0 Å². The lowest BCUT2D eigenvalue weighted by Gasteiger charge is -2.32. The molecule has 0 atom stereocenters. The second kappa shape index (κ2) is 9.82. The molecule has 2 aromatic rings. The number of amides is 4. The van der Waals surface area contributed by atoms with E-state index in [0.29, 0.717) is 37.0 Å². The highest BCUT2D eigenvalue weighted by molar-refractivity contribution is 5.91. The maximum absolute atomic E-state index is 12.5. The normalized spacial score (nSPS) is 14.2. The van der Waals surface area contributed by atoms with Crippen LogP contribution in [0.3, 0.4) is 0 Å². The lowest BCUT2D eigenvalue weighted by molar-refractivity contribution is 0.181. The van der Waals surface area contributed by atoms with E-state index in [4.69, 9.17) is 4.74 Å². The van der Waals surface area contributed by atoms with Gasteiger partial charge in [0.1, 0.15) is 5.75 Å². The number of piperidine rings is 1. The Labute approximate surface area is 171 Å². The van der Waals surface area contributed by atoms with E-state index in [9.17, 15) is 9.59 Å². The molecule has 0 bridgehead atoms. The highest BCUT2D eigenvalue weighted by atomic mass is 16.5. The second-order valence-corrected chi connectivity index (χ2v) is 7.26. The molecule has 0 unspecified atom stereocenters. The molecule has 7 nitrogen and oxygen atoms in total. The summed E-state index contributed by atoms with van der Waals surface area (Å²) in [5, 5.41) is 8.68. The average molecular weight is 396 g/mol. The van der Waals surface area contributed by atoms with E-state index in [1.54, 1.807) is 12.0 Å². The topological polar surface area (TPSA) is 82.7 Å². The number of anilines is 2. The molecule has 1 heterocycles. The fourth-order valence-corrected chi connectivity index (χ4v) is 3.33. The van der Waals surface area contributed by atoms with E-state index < -0.39 is 0 Å². The monoisotopic (exact) mass is 396 g/mol.